The van der Waals surface area contributed by atoms with E-state index in [2.05, 4.69) is 14.8 Å². The maximum absolute atomic E-state index is 11.1. The summed E-state index contributed by atoms with van der Waals surface area (Å²) in [6.45, 7) is 0. The molecular weight excluding hydrogens is 230 g/mol. The molecule has 1 heterocycles. The van der Waals surface area contributed by atoms with Gasteiger partial charge in [-0.05, 0) is 24.3 Å². The van der Waals surface area contributed by atoms with Crippen molar-refractivity contribution in [1.29, 1.82) is 0 Å². The van der Waals surface area contributed by atoms with Gasteiger partial charge in [0.05, 0.1) is 12.8 Å². The van der Waals surface area contributed by atoms with Crippen molar-refractivity contribution in [1.82, 2.24) is 14.8 Å². The second kappa shape index (κ2) is 4.32. The minimum Gasteiger partial charge on any atom is -0.463 e. The van der Waals surface area contributed by atoms with E-state index in [1.807, 2.05) is 0 Å². The van der Waals surface area contributed by atoms with Gasteiger partial charge in [-0.1, -0.05) is 11.6 Å². The Kier molecular flexibility index (Phi) is 2.87. The number of esters is 1. The van der Waals surface area contributed by atoms with E-state index >= 15 is 0 Å². The van der Waals surface area contributed by atoms with Crippen molar-refractivity contribution in [2.75, 3.05) is 7.11 Å². The van der Waals surface area contributed by atoms with E-state index in [-0.39, 0.29) is 5.82 Å². The molecule has 0 N–H and O–H groups in total. The first-order valence-electron chi connectivity index (χ1n) is 4.46. The molecule has 2 aromatic rings. The summed E-state index contributed by atoms with van der Waals surface area (Å²) < 4.78 is 5.98. The molecule has 0 bridgehead atoms. The second-order valence-electron chi connectivity index (χ2n) is 2.98. The normalized spacial score (nSPS) is 10.1. The van der Waals surface area contributed by atoms with E-state index in [0.29, 0.717) is 5.02 Å². The predicted octanol–water partition coefficient (Wildman–Crippen LogP) is 1.71. The standard InChI is InChI=1S/C10H8ClN3O2/c1-16-10(15)9-12-6-14(13-9)8-4-2-7(11)3-5-8/h2-6H,1H3. The third-order valence-corrected chi connectivity index (χ3v) is 2.20. The molecule has 0 amide bonds. The number of ether oxygens (including phenoxy) is 1. The SMILES string of the molecule is COC(=O)c1ncn(-c2ccc(Cl)cc2)n1. The number of hydrogen-bond acceptors (Lipinski definition) is 4. The minimum absolute atomic E-state index is 0.0254. The molecule has 0 aliphatic carbocycles. The van der Waals surface area contributed by atoms with Crippen molar-refractivity contribution in [3.63, 3.8) is 0 Å². The van der Waals surface area contributed by atoms with Gasteiger partial charge in [-0.25, -0.2) is 14.5 Å². The van der Waals surface area contributed by atoms with Gasteiger partial charge in [-0.2, -0.15) is 0 Å². The van der Waals surface area contributed by atoms with Crippen LogP contribution in [-0.4, -0.2) is 27.8 Å². The fraction of sp³-hybridized carbons (Fsp3) is 0.100. The molecule has 0 aliphatic heterocycles. The van der Waals surface area contributed by atoms with Crippen LogP contribution < -0.4 is 0 Å². The Labute approximate surface area is 96.6 Å². The molecule has 16 heavy (non-hydrogen) atoms. The Morgan fingerprint density at radius 3 is 2.69 bits per heavy atom. The van der Waals surface area contributed by atoms with E-state index in [1.54, 1.807) is 24.3 Å². The summed E-state index contributed by atoms with van der Waals surface area (Å²) >= 11 is 5.76. The van der Waals surface area contributed by atoms with Crippen LogP contribution in [0.4, 0.5) is 0 Å². The quantitative estimate of drug-likeness (QED) is 0.746. The van der Waals surface area contributed by atoms with Crippen LogP contribution >= 0.6 is 11.6 Å². The zero-order valence-electron chi connectivity index (χ0n) is 8.42. The minimum atomic E-state index is -0.562. The van der Waals surface area contributed by atoms with E-state index in [1.165, 1.54) is 18.1 Å². The van der Waals surface area contributed by atoms with Crippen molar-refractivity contribution >= 4 is 17.6 Å². The summed E-state index contributed by atoms with van der Waals surface area (Å²) in [6.07, 6.45) is 1.44. The molecule has 1 aromatic carbocycles. The van der Waals surface area contributed by atoms with Crippen molar-refractivity contribution < 1.29 is 9.53 Å². The maximum Gasteiger partial charge on any atom is 0.377 e. The Balaban J connectivity index is 2.31. The molecule has 0 unspecified atom stereocenters. The molecule has 0 spiro atoms. The van der Waals surface area contributed by atoms with Crippen LogP contribution in [0.2, 0.25) is 5.02 Å². The lowest BCUT2D eigenvalue weighted by Gasteiger charge is -1.99. The summed E-state index contributed by atoms with van der Waals surface area (Å²) in [5.41, 5.74) is 0.770. The van der Waals surface area contributed by atoms with Gasteiger partial charge in [0.25, 0.3) is 5.82 Å². The molecule has 0 aliphatic rings. The monoisotopic (exact) mass is 237 g/mol. The molecule has 6 heteroatoms. The zero-order valence-corrected chi connectivity index (χ0v) is 9.18. The Morgan fingerprint density at radius 2 is 2.06 bits per heavy atom. The van der Waals surface area contributed by atoms with Crippen LogP contribution in [-0.2, 0) is 4.74 Å². The molecular formula is C10H8ClN3O2. The Bertz CT molecular complexity index is 507. The predicted molar refractivity (Wildman–Crippen MR) is 57.7 cm³/mol. The van der Waals surface area contributed by atoms with Crippen LogP contribution in [0, 0.1) is 0 Å². The Hall–Kier alpha value is -1.88. The molecule has 0 atom stereocenters. The van der Waals surface area contributed by atoms with Gasteiger partial charge in [0.1, 0.15) is 6.33 Å². The topological polar surface area (TPSA) is 57.0 Å². The van der Waals surface area contributed by atoms with Gasteiger partial charge in [-0.15, -0.1) is 5.10 Å². The summed E-state index contributed by atoms with van der Waals surface area (Å²) in [5.74, 6) is -0.537. The van der Waals surface area contributed by atoms with Crippen molar-refractivity contribution in [3.8, 4) is 5.69 Å². The second-order valence-corrected chi connectivity index (χ2v) is 3.42. The third-order valence-electron chi connectivity index (χ3n) is 1.95. The van der Waals surface area contributed by atoms with Gasteiger partial charge in [-0.3, -0.25) is 0 Å². The molecule has 1 aromatic heterocycles. The van der Waals surface area contributed by atoms with Crippen molar-refractivity contribution in [2.45, 2.75) is 0 Å². The molecule has 0 saturated carbocycles. The van der Waals surface area contributed by atoms with Gasteiger partial charge >= 0.3 is 5.97 Å². The van der Waals surface area contributed by atoms with E-state index < -0.39 is 5.97 Å². The number of rotatable bonds is 2. The molecule has 0 fully saturated rings. The van der Waals surface area contributed by atoms with Gasteiger partial charge in [0.2, 0.25) is 0 Å². The number of methoxy groups -OCH3 is 1. The molecule has 0 radical (unpaired) electrons. The van der Waals surface area contributed by atoms with E-state index in [9.17, 15) is 4.79 Å². The maximum atomic E-state index is 11.1. The molecule has 0 saturated heterocycles. The highest BCUT2D eigenvalue weighted by Gasteiger charge is 2.11. The lowest BCUT2D eigenvalue weighted by molar-refractivity contribution is 0.0587. The summed E-state index contributed by atoms with van der Waals surface area (Å²) in [4.78, 5) is 15.0. The first kappa shape index (κ1) is 10.6. The highest BCUT2D eigenvalue weighted by molar-refractivity contribution is 6.30. The number of carbonyl (C=O) groups is 1. The summed E-state index contributed by atoms with van der Waals surface area (Å²) in [5, 5.41) is 4.61. The van der Waals surface area contributed by atoms with Crippen molar-refractivity contribution in [2.24, 2.45) is 0 Å². The van der Waals surface area contributed by atoms with Crippen LogP contribution in [0.25, 0.3) is 5.69 Å². The largest absolute Gasteiger partial charge is 0.463 e. The highest BCUT2D eigenvalue weighted by atomic mass is 35.5. The number of hydrogen-bond donors (Lipinski definition) is 0. The number of carbonyl (C=O) groups excluding carboxylic acids is 1. The van der Waals surface area contributed by atoms with Crippen molar-refractivity contribution in [3.05, 3.63) is 41.4 Å². The lowest BCUT2D eigenvalue weighted by atomic mass is 10.3. The number of nitrogens with zero attached hydrogens (tertiary/aromatic N) is 3. The van der Waals surface area contributed by atoms with Crippen LogP contribution in [0.15, 0.2) is 30.6 Å². The first-order valence-corrected chi connectivity index (χ1v) is 4.84. The van der Waals surface area contributed by atoms with Gasteiger partial charge < -0.3 is 4.74 Å². The average molecular weight is 238 g/mol. The van der Waals surface area contributed by atoms with E-state index in [0.717, 1.165) is 5.69 Å². The fourth-order valence-electron chi connectivity index (χ4n) is 1.17. The van der Waals surface area contributed by atoms with Crippen LogP contribution in [0.3, 0.4) is 0 Å². The van der Waals surface area contributed by atoms with E-state index in [4.69, 9.17) is 11.6 Å². The molecule has 2 rings (SSSR count). The highest BCUT2D eigenvalue weighted by Crippen LogP contribution is 2.12. The van der Waals surface area contributed by atoms with Gasteiger partial charge in [0, 0.05) is 5.02 Å². The first-order chi connectivity index (χ1) is 7.70. The smallest absolute Gasteiger partial charge is 0.377 e. The number of benzene rings is 1. The number of halogens is 1. The lowest BCUT2D eigenvalue weighted by Crippen LogP contribution is -2.05. The van der Waals surface area contributed by atoms with Crippen LogP contribution in [0.1, 0.15) is 10.6 Å². The molecule has 5 nitrogen and oxygen atoms in total. The van der Waals surface area contributed by atoms with Crippen LogP contribution in [0.5, 0.6) is 0 Å². The summed E-state index contributed by atoms with van der Waals surface area (Å²) in [7, 11) is 1.28. The zero-order chi connectivity index (χ0) is 11.5. The summed E-state index contributed by atoms with van der Waals surface area (Å²) in [6, 6.07) is 7.02. The van der Waals surface area contributed by atoms with Gasteiger partial charge in [0.15, 0.2) is 0 Å². The Morgan fingerprint density at radius 1 is 1.38 bits per heavy atom. The number of aromatic nitrogens is 3. The molecule has 82 valence electrons. The fourth-order valence-corrected chi connectivity index (χ4v) is 1.29. The average Bonchev–Trinajstić information content (AvgIpc) is 2.78. The third kappa shape index (κ3) is 2.04.